The fourth-order valence-electron chi connectivity index (χ4n) is 1.73. The van der Waals surface area contributed by atoms with E-state index in [4.69, 9.17) is 16.0 Å². The third-order valence-electron chi connectivity index (χ3n) is 2.75. The Labute approximate surface area is 121 Å². The van der Waals surface area contributed by atoms with E-state index in [1.54, 1.807) is 23.5 Å². The highest BCUT2D eigenvalue weighted by molar-refractivity contribution is 7.10. The van der Waals surface area contributed by atoms with E-state index in [0.29, 0.717) is 6.54 Å². The molecule has 2 aromatic rings. The van der Waals surface area contributed by atoms with Gasteiger partial charge in [-0.2, -0.15) is 0 Å². The molecule has 0 aromatic carbocycles. The van der Waals surface area contributed by atoms with Crippen LogP contribution in [0.25, 0.3) is 0 Å². The van der Waals surface area contributed by atoms with E-state index in [2.05, 4.69) is 16.3 Å². The van der Waals surface area contributed by atoms with E-state index in [1.807, 2.05) is 25.5 Å². The molecule has 0 aliphatic carbocycles. The van der Waals surface area contributed by atoms with Crippen molar-refractivity contribution in [3.05, 3.63) is 45.5 Å². The summed E-state index contributed by atoms with van der Waals surface area (Å²) in [7, 11) is 3.97. The monoisotopic (exact) mass is 298 g/mol. The number of carbonyl (C=O) groups excluding carboxylic acids is 1. The average Bonchev–Trinajstić information content (AvgIpc) is 3.00. The maximum Gasteiger partial charge on any atom is 0.287 e. The van der Waals surface area contributed by atoms with Gasteiger partial charge in [0.05, 0.1) is 6.04 Å². The minimum atomic E-state index is -0.254. The molecule has 1 amide bonds. The lowest BCUT2D eigenvalue weighted by atomic mass is 10.2. The third-order valence-corrected chi connectivity index (χ3v) is 3.92. The summed E-state index contributed by atoms with van der Waals surface area (Å²) in [4.78, 5) is 15.2. The summed E-state index contributed by atoms with van der Waals surface area (Å²) < 4.78 is 5.07. The second kappa shape index (κ2) is 6.23. The van der Waals surface area contributed by atoms with Gasteiger partial charge < -0.3 is 14.6 Å². The van der Waals surface area contributed by atoms with Gasteiger partial charge in [-0.15, -0.1) is 11.3 Å². The molecule has 2 aromatic heterocycles. The molecule has 0 spiro atoms. The number of hydrogen-bond donors (Lipinski definition) is 1. The Kier molecular flexibility index (Phi) is 4.63. The maximum absolute atomic E-state index is 11.9. The zero-order chi connectivity index (χ0) is 13.8. The van der Waals surface area contributed by atoms with Gasteiger partial charge >= 0.3 is 0 Å². The second-order valence-corrected chi connectivity index (χ2v) is 5.66. The van der Waals surface area contributed by atoms with Crippen LogP contribution in [0.2, 0.25) is 5.22 Å². The molecule has 2 heterocycles. The van der Waals surface area contributed by atoms with Crippen LogP contribution < -0.4 is 5.32 Å². The number of carbonyl (C=O) groups is 1. The summed E-state index contributed by atoms with van der Waals surface area (Å²) in [5.41, 5.74) is 0. The Morgan fingerprint density at radius 2 is 2.26 bits per heavy atom. The van der Waals surface area contributed by atoms with E-state index in [9.17, 15) is 4.79 Å². The zero-order valence-corrected chi connectivity index (χ0v) is 12.3. The quantitative estimate of drug-likeness (QED) is 0.923. The molecule has 19 heavy (non-hydrogen) atoms. The summed E-state index contributed by atoms with van der Waals surface area (Å²) in [6, 6.07) is 7.33. The minimum Gasteiger partial charge on any atom is -0.440 e. The summed E-state index contributed by atoms with van der Waals surface area (Å²) >= 11 is 7.32. The first-order valence-corrected chi connectivity index (χ1v) is 7.07. The number of hydrogen-bond acceptors (Lipinski definition) is 4. The maximum atomic E-state index is 11.9. The Balaban J connectivity index is 1.98. The summed E-state index contributed by atoms with van der Waals surface area (Å²) in [5, 5.41) is 5.10. The Morgan fingerprint density at radius 1 is 1.47 bits per heavy atom. The van der Waals surface area contributed by atoms with Gasteiger partial charge in [0, 0.05) is 11.4 Å². The second-order valence-electron chi connectivity index (χ2n) is 4.31. The van der Waals surface area contributed by atoms with Gasteiger partial charge in [-0.05, 0) is 49.3 Å². The SMILES string of the molecule is CN(C)[C@H](CNC(=O)c1ccc(Cl)o1)c1cccs1. The molecule has 0 fully saturated rings. The molecule has 0 saturated carbocycles. The number of likely N-dealkylation sites (N-methyl/N-ethyl adjacent to an activating group) is 1. The fourth-order valence-corrected chi connectivity index (χ4v) is 2.80. The number of nitrogens with zero attached hydrogens (tertiary/aromatic N) is 1. The number of halogens is 1. The van der Waals surface area contributed by atoms with Gasteiger partial charge in [0.2, 0.25) is 0 Å². The lowest BCUT2D eigenvalue weighted by Crippen LogP contribution is -2.34. The molecule has 0 saturated heterocycles. The van der Waals surface area contributed by atoms with Gasteiger partial charge in [-0.3, -0.25) is 4.79 Å². The molecule has 1 N–H and O–H groups in total. The number of furan rings is 1. The van der Waals surface area contributed by atoms with E-state index >= 15 is 0 Å². The number of amides is 1. The van der Waals surface area contributed by atoms with Crippen LogP contribution >= 0.6 is 22.9 Å². The van der Waals surface area contributed by atoms with Crippen molar-refractivity contribution in [3.63, 3.8) is 0 Å². The molecule has 2 rings (SSSR count). The topological polar surface area (TPSA) is 45.5 Å². The van der Waals surface area contributed by atoms with E-state index < -0.39 is 0 Å². The molecule has 4 nitrogen and oxygen atoms in total. The third kappa shape index (κ3) is 3.59. The molecule has 102 valence electrons. The molecular weight excluding hydrogens is 284 g/mol. The van der Waals surface area contributed by atoms with Crippen LogP contribution in [0, 0.1) is 0 Å². The fraction of sp³-hybridized carbons (Fsp3) is 0.308. The highest BCUT2D eigenvalue weighted by Gasteiger charge is 2.17. The van der Waals surface area contributed by atoms with Crippen molar-refractivity contribution >= 4 is 28.8 Å². The molecule has 0 radical (unpaired) electrons. The molecule has 0 aliphatic rings. The van der Waals surface area contributed by atoms with Gasteiger partial charge in [-0.1, -0.05) is 6.07 Å². The van der Waals surface area contributed by atoms with Gasteiger partial charge in [0.1, 0.15) is 0 Å². The normalized spacial score (nSPS) is 12.6. The van der Waals surface area contributed by atoms with E-state index in [0.717, 1.165) is 0 Å². The average molecular weight is 299 g/mol. The van der Waals surface area contributed by atoms with Crippen molar-refractivity contribution in [2.45, 2.75) is 6.04 Å². The molecule has 0 bridgehead atoms. The lowest BCUT2D eigenvalue weighted by molar-refractivity contribution is 0.0914. The Morgan fingerprint density at radius 3 is 2.79 bits per heavy atom. The van der Waals surface area contributed by atoms with Crippen molar-refractivity contribution in [2.75, 3.05) is 20.6 Å². The molecule has 1 atom stereocenters. The van der Waals surface area contributed by atoms with Crippen LogP contribution in [-0.4, -0.2) is 31.4 Å². The zero-order valence-electron chi connectivity index (χ0n) is 10.7. The Hall–Kier alpha value is -1.30. The van der Waals surface area contributed by atoms with Gasteiger partial charge in [0.15, 0.2) is 11.0 Å². The predicted octanol–water partition coefficient (Wildman–Crippen LogP) is 3.03. The largest absolute Gasteiger partial charge is 0.440 e. The van der Waals surface area contributed by atoms with Crippen molar-refractivity contribution in [3.8, 4) is 0 Å². The smallest absolute Gasteiger partial charge is 0.287 e. The molecule has 6 heteroatoms. The summed E-state index contributed by atoms with van der Waals surface area (Å²) in [6.45, 7) is 0.519. The first kappa shape index (κ1) is 14.1. The number of thiophene rings is 1. The minimum absolute atomic E-state index is 0.148. The Bertz CT molecular complexity index is 537. The van der Waals surface area contributed by atoms with Crippen LogP contribution in [-0.2, 0) is 0 Å². The van der Waals surface area contributed by atoms with E-state index in [1.165, 1.54) is 4.88 Å². The summed E-state index contributed by atoms with van der Waals surface area (Å²) in [6.07, 6.45) is 0. The van der Waals surface area contributed by atoms with Crippen LogP contribution in [0.5, 0.6) is 0 Å². The lowest BCUT2D eigenvalue weighted by Gasteiger charge is -2.23. The van der Waals surface area contributed by atoms with Crippen molar-refractivity contribution in [1.82, 2.24) is 10.2 Å². The van der Waals surface area contributed by atoms with Gasteiger partial charge in [-0.25, -0.2) is 0 Å². The summed E-state index contributed by atoms with van der Waals surface area (Å²) in [5.74, 6) is -0.0241. The standard InChI is InChI=1S/C13H15ClN2O2S/c1-16(2)9(11-4-3-7-19-11)8-15-13(17)10-5-6-12(14)18-10/h3-7,9H,8H2,1-2H3,(H,15,17)/t9-/m1/s1. The predicted molar refractivity (Wildman–Crippen MR) is 76.8 cm³/mol. The molecule has 0 unspecified atom stereocenters. The highest BCUT2D eigenvalue weighted by atomic mass is 35.5. The van der Waals surface area contributed by atoms with Crippen LogP contribution in [0.4, 0.5) is 0 Å². The highest BCUT2D eigenvalue weighted by Crippen LogP contribution is 2.22. The van der Waals surface area contributed by atoms with Crippen molar-refractivity contribution in [1.29, 1.82) is 0 Å². The van der Waals surface area contributed by atoms with E-state index in [-0.39, 0.29) is 22.9 Å². The first-order chi connectivity index (χ1) is 9.08. The van der Waals surface area contributed by atoms with Crippen LogP contribution in [0.15, 0.2) is 34.1 Å². The van der Waals surface area contributed by atoms with Crippen LogP contribution in [0.1, 0.15) is 21.5 Å². The number of nitrogens with one attached hydrogen (secondary N) is 1. The first-order valence-electron chi connectivity index (χ1n) is 5.81. The molecular formula is C13H15ClN2O2S. The van der Waals surface area contributed by atoms with Gasteiger partial charge in [0.25, 0.3) is 5.91 Å². The van der Waals surface area contributed by atoms with Crippen LogP contribution in [0.3, 0.4) is 0 Å². The van der Waals surface area contributed by atoms with Crippen molar-refractivity contribution in [2.24, 2.45) is 0 Å². The number of rotatable bonds is 5. The van der Waals surface area contributed by atoms with Crippen molar-refractivity contribution < 1.29 is 9.21 Å². The molecule has 0 aliphatic heterocycles.